The van der Waals surface area contributed by atoms with Crippen LogP contribution in [0.3, 0.4) is 0 Å². The predicted molar refractivity (Wildman–Crippen MR) is 64.2 cm³/mol. The third kappa shape index (κ3) is 2.96. The second-order valence-corrected chi connectivity index (χ2v) is 5.24. The molecule has 1 aliphatic rings. The van der Waals surface area contributed by atoms with Crippen LogP contribution >= 0.6 is 11.8 Å². The van der Waals surface area contributed by atoms with Crippen LogP contribution in [0.25, 0.3) is 0 Å². The minimum absolute atomic E-state index is 0.474. The highest BCUT2D eigenvalue weighted by atomic mass is 32.2. The van der Waals surface area contributed by atoms with Crippen LogP contribution in [-0.2, 0) is 0 Å². The van der Waals surface area contributed by atoms with Crippen molar-refractivity contribution in [2.24, 2.45) is 5.92 Å². The quantitative estimate of drug-likeness (QED) is 0.595. The Morgan fingerprint density at radius 1 is 1.44 bits per heavy atom. The fourth-order valence-corrected chi connectivity index (χ4v) is 3.12. The minimum atomic E-state index is 0.474. The van der Waals surface area contributed by atoms with Crippen molar-refractivity contribution in [1.29, 1.82) is 5.26 Å². The monoisotopic (exact) mass is 233 g/mol. The Hall–Kier alpha value is -1.08. The van der Waals surface area contributed by atoms with E-state index in [1.807, 2.05) is 6.92 Å². The molecule has 0 bridgehead atoms. The molecule has 1 aromatic heterocycles. The number of nitrogens with zero attached hydrogens (tertiary/aromatic N) is 3. The van der Waals surface area contributed by atoms with Crippen molar-refractivity contribution < 1.29 is 0 Å². The standard InChI is InChI=1S/C12H15N3S/c1-9-6-11(7-13)15-12(14-9)16-8-10-4-2-3-5-10/h6,10H,2-5,8H2,1H3. The number of hydrogen-bond acceptors (Lipinski definition) is 4. The lowest BCUT2D eigenvalue weighted by atomic mass is 10.1. The third-order valence-electron chi connectivity index (χ3n) is 2.87. The fourth-order valence-electron chi connectivity index (χ4n) is 2.03. The summed E-state index contributed by atoms with van der Waals surface area (Å²) in [6, 6.07) is 3.79. The molecule has 0 aromatic carbocycles. The Bertz CT molecular complexity index is 405. The average Bonchev–Trinajstić information content (AvgIpc) is 2.78. The third-order valence-corrected chi connectivity index (χ3v) is 3.95. The minimum Gasteiger partial charge on any atom is -0.228 e. The molecule has 16 heavy (non-hydrogen) atoms. The zero-order chi connectivity index (χ0) is 11.4. The summed E-state index contributed by atoms with van der Waals surface area (Å²) < 4.78 is 0. The number of nitriles is 1. The molecule has 0 aliphatic heterocycles. The molecule has 0 amide bonds. The van der Waals surface area contributed by atoms with Crippen molar-refractivity contribution in [3.05, 3.63) is 17.5 Å². The van der Waals surface area contributed by atoms with E-state index in [1.54, 1.807) is 17.8 Å². The van der Waals surface area contributed by atoms with Gasteiger partial charge >= 0.3 is 0 Å². The van der Waals surface area contributed by atoms with Gasteiger partial charge in [-0.3, -0.25) is 0 Å². The maximum absolute atomic E-state index is 8.82. The average molecular weight is 233 g/mol. The molecule has 3 nitrogen and oxygen atoms in total. The van der Waals surface area contributed by atoms with Crippen LogP contribution in [0.4, 0.5) is 0 Å². The van der Waals surface area contributed by atoms with Crippen molar-refractivity contribution in [3.8, 4) is 6.07 Å². The summed E-state index contributed by atoms with van der Waals surface area (Å²) in [5, 5.41) is 9.57. The molecular formula is C12H15N3S. The van der Waals surface area contributed by atoms with Gasteiger partial charge in [0.25, 0.3) is 0 Å². The first kappa shape index (κ1) is 11.4. The van der Waals surface area contributed by atoms with Crippen LogP contribution in [0, 0.1) is 24.2 Å². The van der Waals surface area contributed by atoms with Crippen LogP contribution in [0.2, 0.25) is 0 Å². The van der Waals surface area contributed by atoms with Gasteiger partial charge in [0, 0.05) is 11.4 Å². The van der Waals surface area contributed by atoms with Crippen molar-refractivity contribution in [2.45, 2.75) is 37.8 Å². The number of hydrogen-bond donors (Lipinski definition) is 0. The van der Waals surface area contributed by atoms with Gasteiger partial charge in [-0.25, -0.2) is 9.97 Å². The van der Waals surface area contributed by atoms with E-state index in [4.69, 9.17) is 5.26 Å². The Kier molecular flexibility index (Phi) is 3.79. The molecule has 0 unspecified atom stereocenters. The zero-order valence-electron chi connectivity index (χ0n) is 9.44. The molecule has 1 fully saturated rings. The molecule has 0 saturated heterocycles. The Balaban J connectivity index is 1.98. The Morgan fingerprint density at radius 3 is 2.88 bits per heavy atom. The molecule has 0 N–H and O–H groups in total. The first-order valence-corrected chi connectivity index (χ1v) is 6.65. The molecule has 1 heterocycles. The van der Waals surface area contributed by atoms with Gasteiger partial charge in [-0.2, -0.15) is 5.26 Å². The van der Waals surface area contributed by atoms with Gasteiger partial charge in [-0.15, -0.1) is 0 Å². The van der Waals surface area contributed by atoms with E-state index in [-0.39, 0.29) is 0 Å². The van der Waals surface area contributed by atoms with E-state index in [0.717, 1.165) is 22.5 Å². The molecule has 1 aromatic rings. The second-order valence-electron chi connectivity index (χ2n) is 4.25. The van der Waals surface area contributed by atoms with Crippen molar-refractivity contribution in [3.63, 3.8) is 0 Å². The topological polar surface area (TPSA) is 49.6 Å². The van der Waals surface area contributed by atoms with E-state index in [1.165, 1.54) is 25.7 Å². The van der Waals surface area contributed by atoms with E-state index < -0.39 is 0 Å². The highest BCUT2D eigenvalue weighted by Crippen LogP contribution is 2.29. The van der Waals surface area contributed by atoms with E-state index in [2.05, 4.69) is 16.0 Å². The van der Waals surface area contributed by atoms with Crippen molar-refractivity contribution in [2.75, 3.05) is 5.75 Å². The van der Waals surface area contributed by atoms with Crippen LogP contribution in [0.15, 0.2) is 11.2 Å². The number of aryl methyl sites for hydroxylation is 1. The van der Waals surface area contributed by atoms with Gasteiger partial charge in [0.15, 0.2) is 5.16 Å². The summed E-state index contributed by atoms with van der Waals surface area (Å²) in [5.74, 6) is 1.91. The zero-order valence-corrected chi connectivity index (χ0v) is 10.3. The summed E-state index contributed by atoms with van der Waals surface area (Å²) in [5.41, 5.74) is 1.35. The molecular weight excluding hydrogens is 218 g/mol. The van der Waals surface area contributed by atoms with Crippen LogP contribution in [0.5, 0.6) is 0 Å². The molecule has 0 spiro atoms. The molecule has 2 rings (SSSR count). The second kappa shape index (κ2) is 5.31. The fraction of sp³-hybridized carbons (Fsp3) is 0.583. The smallest absolute Gasteiger partial charge is 0.189 e. The summed E-state index contributed by atoms with van der Waals surface area (Å²) in [7, 11) is 0. The summed E-state index contributed by atoms with van der Waals surface area (Å²) in [6.45, 7) is 1.90. The molecule has 1 saturated carbocycles. The highest BCUT2D eigenvalue weighted by Gasteiger charge is 2.15. The van der Waals surface area contributed by atoms with Crippen molar-refractivity contribution >= 4 is 11.8 Å². The number of thioether (sulfide) groups is 1. The van der Waals surface area contributed by atoms with Crippen LogP contribution in [0.1, 0.15) is 37.1 Å². The molecule has 0 radical (unpaired) electrons. The van der Waals surface area contributed by atoms with Gasteiger partial charge in [-0.05, 0) is 31.7 Å². The molecule has 1 aliphatic carbocycles. The molecule has 84 valence electrons. The first-order valence-electron chi connectivity index (χ1n) is 5.66. The lowest BCUT2D eigenvalue weighted by Crippen LogP contribution is -1.99. The maximum atomic E-state index is 8.82. The van der Waals surface area contributed by atoms with Crippen LogP contribution in [-0.4, -0.2) is 15.7 Å². The Morgan fingerprint density at radius 2 is 2.19 bits per heavy atom. The SMILES string of the molecule is Cc1cc(C#N)nc(SCC2CCCC2)n1. The highest BCUT2D eigenvalue weighted by molar-refractivity contribution is 7.99. The maximum Gasteiger partial charge on any atom is 0.189 e. The largest absolute Gasteiger partial charge is 0.228 e. The van der Waals surface area contributed by atoms with Gasteiger partial charge in [0.2, 0.25) is 0 Å². The van der Waals surface area contributed by atoms with E-state index in [0.29, 0.717) is 5.69 Å². The van der Waals surface area contributed by atoms with Gasteiger partial charge < -0.3 is 0 Å². The molecule has 4 heteroatoms. The van der Waals surface area contributed by atoms with E-state index >= 15 is 0 Å². The number of aromatic nitrogens is 2. The summed E-state index contributed by atoms with van der Waals surface area (Å²) in [6.07, 6.45) is 5.40. The van der Waals surface area contributed by atoms with Gasteiger partial charge in [0.05, 0.1) is 0 Å². The number of rotatable bonds is 3. The summed E-state index contributed by atoms with van der Waals surface area (Å²) in [4.78, 5) is 8.55. The van der Waals surface area contributed by atoms with Crippen LogP contribution < -0.4 is 0 Å². The van der Waals surface area contributed by atoms with Gasteiger partial charge in [0.1, 0.15) is 11.8 Å². The first-order chi connectivity index (χ1) is 7.78. The molecule has 0 atom stereocenters. The van der Waals surface area contributed by atoms with E-state index in [9.17, 15) is 0 Å². The summed E-state index contributed by atoms with van der Waals surface area (Å²) >= 11 is 1.69. The lowest BCUT2D eigenvalue weighted by molar-refractivity contribution is 0.622. The predicted octanol–water partition coefficient (Wildman–Crippen LogP) is 2.94. The van der Waals surface area contributed by atoms with Crippen molar-refractivity contribution in [1.82, 2.24) is 9.97 Å². The Labute approximate surface area is 100 Å². The van der Waals surface area contributed by atoms with Gasteiger partial charge in [-0.1, -0.05) is 24.6 Å². The normalized spacial score (nSPS) is 16.2. The lowest BCUT2D eigenvalue weighted by Gasteiger charge is -2.07.